The number of amides is 4. The van der Waals surface area contributed by atoms with Crippen molar-refractivity contribution < 1.29 is 23.9 Å². The lowest BCUT2D eigenvalue weighted by atomic mass is 10.3. The van der Waals surface area contributed by atoms with Crippen LogP contribution in [0.15, 0.2) is 42.6 Å². The molecule has 3 rings (SSSR count). The van der Waals surface area contributed by atoms with Crippen molar-refractivity contribution in [3.8, 4) is 5.75 Å². The van der Waals surface area contributed by atoms with E-state index in [0.29, 0.717) is 25.2 Å². The number of carbonyl (C=O) groups is 3. The molecule has 0 bridgehead atoms. The van der Waals surface area contributed by atoms with Gasteiger partial charge in [-0.2, -0.15) is 0 Å². The van der Waals surface area contributed by atoms with E-state index in [1.54, 1.807) is 0 Å². The summed E-state index contributed by atoms with van der Waals surface area (Å²) in [5.74, 6) is -1.62. The van der Waals surface area contributed by atoms with Crippen LogP contribution < -0.4 is 16.0 Å². The Morgan fingerprint density at radius 3 is 2.69 bits per heavy atom. The van der Waals surface area contributed by atoms with Crippen LogP contribution in [0.4, 0.5) is 14.9 Å². The Bertz CT molecular complexity index is 906. The highest BCUT2D eigenvalue weighted by Gasteiger charge is 2.27. The van der Waals surface area contributed by atoms with Crippen LogP contribution in [0.25, 0.3) is 0 Å². The number of hydrogen-bond acceptors (Lipinski definition) is 5. The van der Waals surface area contributed by atoms with E-state index in [0.717, 1.165) is 0 Å². The molecule has 4 amide bonds. The summed E-state index contributed by atoms with van der Waals surface area (Å²) >= 11 is 0. The van der Waals surface area contributed by atoms with E-state index in [9.17, 15) is 23.9 Å². The van der Waals surface area contributed by atoms with Gasteiger partial charge in [0.2, 0.25) is 5.91 Å². The first-order valence-corrected chi connectivity index (χ1v) is 8.95. The second-order valence-corrected chi connectivity index (χ2v) is 6.48. The lowest BCUT2D eigenvalue weighted by Crippen LogP contribution is -2.43. The fraction of sp³-hybridized carbons (Fsp3) is 0.263. The molecule has 2 heterocycles. The van der Waals surface area contributed by atoms with Crippen molar-refractivity contribution in [2.24, 2.45) is 0 Å². The lowest BCUT2D eigenvalue weighted by Gasteiger charge is -2.17. The van der Waals surface area contributed by atoms with E-state index < -0.39 is 17.8 Å². The van der Waals surface area contributed by atoms with Gasteiger partial charge in [0.15, 0.2) is 5.69 Å². The number of hydrogen-bond donors (Lipinski definition) is 4. The predicted octanol–water partition coefficient (Wildman–Crippen LogP) is 1.08. The maximum atomic E-state index is 12.9. The first kappa shape index (κ1) is 20.1. The molecule has 0 spiro atoms. The van der Waals surface area contributed by atoms with Crippen molar-refractivity contribution in [2.45, 2.75) is 12.5 Å². The molecule has 1 saturated heterocycles. The zero-order valence-electron chi connectivity index (χ0n) is 15.4. The molecule has 0 aliphatic carbocycles. The van der Waals surface area contributed by atoms with Gasteiger partial charge in [-0.05, 0) is 42.8 Å². The van der Waals surface area contributed by atoms with Crippen molar-refractivity contribution in [3.05, 3.63) is 54.1 Å². The van der Waals surface area contributed by atoms with Crippen LogP contribution in [-0.2, 0) is 4.79 Å². The number of urea groups is 1. The standard InChI is InChI=1S/C19H20FN5O4/c20-12-3-5-13(6-4-12)23-19(29)24-14-7-9-25(11-14)16(27)10-22-18(28)17-15(26)2-1-8-21-17/h1-6,8,14,26H,7,9-11H2,(H,22,28)(H2,23,24,29). The van der Waals surface area contributed by atoms with Crippen LogP contribution in [-0.4, -0.2) is 58.5 Å². The predicted molar refractivity (Wildman–Crippen MR) is 102 cm³/mol. The Morgan fingerprint density at radius 2 is 1.97 bits per heavy atom. The van der Waals surface area contributed by atoms with Gasteiger partial charge in [0, 0.05) is 31.0 Å². The molecular weight excluding hydrogens is 381 g/mol. The van der Waals surface area contributed by atoms with Crippen molar-refractivity contribution in [1.82, 2.24) is 20.5 Å². The number of carbonyl (C=O) groups excluding carboxylic acids is 3. The zero-order valence-corrected chi connectivity index (χ0v) is 15.4. The molecule has 1 aromatic heterocycles. The van der Waals surface area contributed by atoms with Gasteiger partial charge in [0.25, 0.3) is 5.91 Å². The Labute approximate surface area is 165 Å². The molecule has 152 valence electrons. The summed E-state index contributed by atoms with van der Waals surface area (Å²) in [7, 11) is 0. The van der Waals surface area contributed by atoms with Crippen LogP contribution in [0.5, 0.6) is 5.75 Å². The number of benzene rings is 1. The number of likely N-dealkylation sites (tertiary alicyclic amines) is 1. The summed E-state index contributed by atoms with van der Waals surface area (Å²) in [6.45, 7) is 0.495. The Hall–Kier alpha value is -3.69. The van der Waals surface area contributed by atoms with E-state index >= 15 is 0 Å². The number of nitrogens with zero attached hydrogens (tertiary/aromatic N) is 2. The van der Waals surface area contributed by atoms with E-state index in [1.807, 2.05) is 0 Å². The van der Waals surface area contributed by atoms with Crippen molar-refractivity contribution in [3.63, 3.8) is 0 Å². The lowest BCUT2D eigenvalue weighted by molar-refractivity contribution is -0.129. The molecule has 1 atom stereocenters. The quantitative estimate of drug-likeness (QED) is 0.597. The van der Waals surface area contributed by atoms with Crippen molar-refractivity contribution in [1.29, 1.82) is 0 Å². The first-order chi connectivity index (χ1) is 13.9. The third-order valence-corrected chi connectivity index (χ3v) is 4.38. The molecule has 1 aliphatic heterocycles. The number of anilines is 1. The minimum Gasteiger partial charge on any atom is -0.505 e. The second-order valence-electron chi connectivity index (χ2n) is 6.48. The summed E-state index contributed by atoms with van der Waals surface area (Å²) in [4.78, 5) is 41.6. The number of aromatic hydroxyl groups is 1. The highest BCUT2D eigenvalue weighted by atomic mass is 19.1. The maximum Gasteiger partial charge on any atom is 0.319 e. The summed E-state index contributed by atoms with van der Waals surface area (Å²) in [5.41, 5.74) is 0.300. The summed E-state index contributed by atoms with van der Waals surface area (Å²) in [6.07, 6.45) is 1.93. The van der Waals surface area contributed by atoms with Crippen molar-refractivity contribution >= 4 is 23.5 Å². The Morgan fingerprint density at radius 1 is 1.21 bits per heavy atom. The first-order valence-electron chi connectivity index (χ1n) is 8.95. The molecule has 9 nitrogen and oxygen atoms in total. The molecular formula is C19H20FN5O4. The highest BCUT2D eigenvalue weighted by molar-refractivity contribution is 5.97. The molecule has 10 heteroatoms. The summed E-state index contributed by atoms with van der Waals surface area (Å²) < 4.78 is 12.9. The summed E-state index contributed by atoms with van der Waals surface area (Å²) in [5, 5.41) is 17.4. The molecule has 4 N–H and O–H groups in total. The van der Waals surface area contributed by atoms with E-state index in [-0.39, 0.29) is 29.9 Å². The summed E-state index contributed by atoms with van der Waals surface area (Å²) in [6, 6.07) is 7.50. The molecule has 0 saturated carbocycles. The fourth-order valence-electron chi connectivity index (χ4n) is 2.91. The monoisotopic (exact) mass is 401 g/mol. The molecule has 1 fully saturated rings. The average Bonchev–Trinajstić information content (AvgIpc) is 3.16. The molecule has 2 aromatic rings. The Balaban J connectivity index is 1.43. The normalized spacial score (nSPS) is 15.6. The minimum atomic E-state index is -0.649. The molecule has 0 radical (unpaired) electrons. The molecule has 1 aromatic carbocycles. The van der Waals surface area contributed by atoms with Crippen LogP contribution in [0.1, 0.15) is 16.9 Å². The highest BCUT2D eigenvalue weighted by Crippen LogP contribution is 2.13. The largest absolute Gasteiger partial charge is 0.505 e. The van der Waals surface area contributed by atoms with Gasteiger partial charge >= 0.3 is 6.03 Å². The zero-order chi connectivity index (χ0) is 20.8. The van der Waals surface area contributed by atoms with Crippen LogP contribution in [0.3, 0.4) is 0 Å². The van der Waals surface area contributed by atoms with E-state index in [2.05, 4.69) is 20.9 Å². The minimum absolute atomic E-state index is 0.154. The SMILES string of the molecule is O=C(Nc1ccc(F)cc1)NC1CCN(C(=O)CNC(=O)c2ncccc2O)C1. The number of pyridine rings is 1. The third-order valence-electron chi connectivity index (χ3n) is 4.38. The second kappa shape index (κ2) is 9.00. The van der Waals surface area contributed by atoms with Gasteiger partial charge in [-0.1, -0.05) is 0 Å². The number of rotatable bonds is 5. The van der Waals surface area contributed by atoms with Gasteiger partial charge in [-0.25, -0.2) is 14.2 Å². The van der Waals surface area contributed by atoms with Gasteiger partial charge in [0.1, 0.15) is 11.6 Å². The fourth-order valence-corrected chi connectivity index (χ4v) is 2.91. The molecule has 1 unspecified atom stereocenters. The molecule has 29 heavy (non-hydrogen) atoms. The Kier molecular flexibility index (Phi) is 6.22. The van der Waals surface area contributed by atoms with Crippen LogP contribution in [0, 0.1) is 5.82 Å². The number of nitrogens with one attached hydrogen (secondary N) is 3. The number of halogens is 1. The van der Waals surface area contributed by atoms with Gasteiger partial charge in [0.05, 0.1) is 6.54 Å². The average molecular weight is 401 g/mol. The topological polar surface area (TPSA) is 124 Å². The van der Waals surface area contributed by atoms with Crippen molar-refractivity contribution in [2.75, 3.05) is 25.0 Å². The maximum absolute atomic E-state index is 12.9. The smallest absolute Gasteiger partial charge is 0.319 e. The van der Waals surface area contributed by atoms with Gasteiger partial charge in [-0.15, -0.1) is 0 Å². The van der Waals surface area contributed by atoms with Crippen LogP contribution in [0.2, 0.25) is 0 Å². The van der Waals surface area contributed by atoms with E-state index in [1.165, 1.54) is 47.5 Å². The van der Waals surface area contributed by atoms with E-state index in [4.69, 9.17) is 0 Å². The number of aromatic nitrogens is 1. The van der Waals surface area contributed by atoms with Gasteiger partial charge in [-0.3, -0.25) is 9.59 Å². The third kappa shape index (κ3) is 5.41. The van der Waals surface area contributed by atoms with Crippen LogP contribution >= 0.6 is 0 Å². The molecule has 1 aliphatic rings. The van der Waals surface area contributed by atoms with Gasteiger partial charge < -0.3 is 26.0 Å².